The summed E-state index contributed by atoms with van der Waals surface area (Å²) < 4.78 is 2.02. The zero-order chi connectivity index (χ0) is 14.7. The van der Waals surface area contributed by atoms with Crippen LogP contribution in [-0.4, -0.2) is 27.4 Å². The number of nitrogens with one attached hydrogen (secondary N) is 1. The highest BCUT2D eigenvalue weighted by Gasteiger charge is 2.14. The van der Waals surface area contributed by atoms with E-state index in [4.69, 9.17) is 0 Å². The molecule has 0 bridgehead atoms. The fourth-order valence-corrected chi connectivity index (χ4v) is 3.44. The van der Waals surface area contributed by atoms with Gasteiger partial charge >= 0.3 is 0 Å². The summed E-state index contributed by atoms with van der Waals surface area (Å²) in [6, 6.07) is 14.7. The van der Waals surface area contributed by atoms with E-state index >= 15 is 0 Å². The molecule has 0 aliphatic heterocycles. The lowest BCUT2D eigenvalue weighted by molar-refractivity contribution is 0.656. The minimum atomic E-state index is 0.298. The van der Waals surface area contributed by atoms with Crippen molar-refractivity contribution in [3.8, 4) is 0 Å². The second kappa shape index (κ2) is 6.28. The van der Waals surface area contributed by atoms with E-state index in [9.17, 15) is 0 Å². The van der Waals surface area contributed by atoms with Crippen molar-refractivity contribution >= 4 is 17.4 Å². The lowest BCUT2D eigenvalue weighted by Crippen LogP contribution is -2.19. The number of hydrogen-bond donors (Lipinski definition) is 1. The molecular weight excluding hydrogens is 280 g/mol. The Kier molecular flexibility index (Phi) is 4.22. The van der Waals surface area contributed by atoms with E-state index in [0.717, 1.165) is 16.6 Å². The predicted octanol–water partition coefficient (Wildman–Crippen LogP) is 3.09. The van der Waals surface area contributed by atoms with E-state index in [0.29, 0.717) is 6.04 Å². The topological polar surface area (TPSA) is 42.2 Å². The number of fused-ring (bicyclic) bond motifs is 1. The van der Waals surface area contributed by atoms with Crippen LogP contribution in [0.3, 0.4) is 0 Å². The van der Waals surface area contributed by atoms with E-state index in [1.54, 1.807) is 11.8 Å². The zero-order valence-corrected chi connectivity index (χ0v) is 13.0. The third kappa shape index (κ3) is 2.94. The fraction of sp³-hybridized carbons (Fsp3) is 0.250. The normalized spacial score (nSPS) is 12.7. The highest BCUT2D eigenvalue weighted by Crippen LogP contribution is 2.25. The molecule has 1 unspecified atom stereocenters. The van der Waals surface area contributed by atoms with Gasteiger partial charge in [0.15, 0.2) is 10.8 Å². The van der Waals surface area contributed by atoms with Gasteiger partial charge in [0.2, 0.25) is 0 Å². The first-order chi connectivity index (χ1) is 10.3. The largest absolute Gasteiger partial charge is 0.312 e. The van der Waals surface area contributed by atoms with Crippen molar-refractivity contribution in [1.29, 1.82) is 0 Å². The molecule has 0 fully saturated rings. The van der Waals surface area contributed by atoms with Gasteiger partial charge in [-0.2, -0.15) is 0 Å². The summed E-state index contributed by atoms with van der Waals surface area (Å²) in [5, 5.41) is 12.8. The van der Waals surface area contributed by atoms with Crippen LogP contribution in [0.15, 0.2) is 53.8 Å². The van der Waals surface area contributed by atoms with E-state index in [2.05, 4.69) is 46.7 Å². The van der Waals surface area contributed by atoms with Crippen LogP contribution in [0.2, 0.25) is 0 Å². The molecule has 4 nitrogen and oxygen atoms in total. The first-order valence-corrected chi connectivity index (χ1v) is 7.93. The van der Waals surface area contributed by atoms with Gasteiger partial charge in [-0.1, -0.05) is 42.1 Å². The molecule has 0 radical (unpaired) electrons. The number of pyridine rings is 1. The average molecular weight is 298 g/mol. The number of benzene rings is 1. The molecule has 3 rings (SSSR count). The van der Waals surface area contributed by atoms with Crippen molar-refractivity contribution in [2.45, 2.75) is 18.1 Å². The standard InChI is InChI=1S/C16H18N4S/c1-12-7-3-4-8-13(12)14(17-2)11-21-16-19-18-15-9-5-6-10-20(15)16/h3-10,14,17H,11H2,1-2H3. The average Bonchev–Trinajstić information content (AvgIpc) is 2.93. The summed E-state index contributed by atoms with van der Waals surface area (Å²) in [7, 11) is 2.00. The van der Waals surface area contributed by atoms with Crippen LogP contribution in [0.5, 0.6) is 0 Å². The maximum Gasteiger partial charge on any atom is 0.195 e. The van der Waals surface area contributed by atoms with Crippen LogP contribution in [0.1, 0.15) is 17.2 Å². The van der Waals surface area contributed by atoms with Crippen molar-refractivity contribution in [3.05, 3.63) is 59.8 Å². The van der Waals surface area contributed by atoms with Gasteiger partial charge in [0.1, 0.15) is 0 Å². The third-order valence-electron chi connectivity index (χ3n) is 3.57. The molecule has 1 aromatic carbocycles. The third-order valence-corrected chi connectivity index (χ3v) is 4.61. The molecule has 2 aromatic heterocycles. The lowest BCUT2D eigenvalue weighted by Gasteiger charge is -2.17. The monoisotopic (exact) mass is 298 g/mol. The highest BCUT2D eigenvalue weighted by atomic mass is 32.2. The molecule has 5 heteroatoms. The number of nitrogens with zero attached hydrogens (tertiary/aromatic N) is 3. The minimum absolute atomic E-state index is 0.298. The van der Waals surface area contributed by atoms with Gasteiger partial charge in [-0.25, -0.2) is 0 Å². The van der Waals surface area contributed by atoms with Gasteiger partial charge in [-0.3, -0.25) is 4.40 Å². The maximum absolute atomic E-state index is 4.27. The highest BCUT2D eigenvalue weighted by molar-refractivity contribution is 7.99. The van der Waals surface area contributed by atoms with Crippen molar-refractivity contribution in [3.63, 3.8) is 0 Å². The maximum atomic E-state index is 4.27. The molecule has 108 valence electrons. The zero-order valence-electron chi connectivity index (χ0n) is 12.2. The Hall–Kier alpha value is -1.85. The lowest BCUT2D eigenvalue weighted by atomic mass is 10.0. The Labute approximate surface area is 128 Å². The Balaban J connectivity index is 1.78. The Morgan fingerprint density at radius 2 is 1.95 bits per heavy atom. The van der Waals surface area contributed by atoms with Gasteiger partial charge < -0.3 is 5.32 Å². The Morgan fingerprint density at radius 3 is 2.76 bits per heavy atom. The first-order valence-electron chi connectivity index (χ1n) is 6.95. The summed E-state index contributed by atoms with van der Waals surface area (Å²) in [6.45, 7) is 2.15. The molecule has 0 spiro atoms. The molecule has 0 saturated heterocycles. The van der Waals surface area contributed by atoms with E-state index in [1.807, 2.05) is 35.8 Å². The second-order valence-corrected chi connectivity index (χ2v) is 5.91. The molecular formula is C16H18N4S. The van der Waals surface area contributed by atoms with Crippen LogP contribution in [0, 0.1) is 6.92 Å². The number of rotatable bonds is 5. The van der Waals surface area contributed by atoms with Crippen LogP contribution in [-0.2, 0) is 0 Å². The number of aromatic nitrogens is 3. The number of thioether (sulfide) groups is 1. The van der Waals surface area contributed by atoms with Crippen LogP contribution >= 0.6 is 11.8 Å². The van der Waals surface area contributed by atoms with Crippen molar-refractivity contribution in [2.24, 2.45) is 0 Å². The summed E-state index contributed by atoms with van der Waals surface area (Å²) in [6.07, 6.45) is 2.00. The number of hydrogen-bond acceptors (Lipinski definition) is 4. The Bertz CT molecular complexity index is 738. The Morgan fingerprint density at radius 1 is 1.14 bits per heavy atom. The smallest absolute Gasteiger partial charge is 0.195 e. The first kappa shape index (κ1) is 14.1. The fourth-order valence-electron chi connectivity index (χ4n) is 2.38. The van der Waals surface area contributed by atoms with E-state index < -0.39 is 0 Å². The quantitative estimate of drug-likeness (QED) is 0.735. The number of aryl methyl sites for hydroxylation is 1. The van der Waals surface area contributed by atoms with Gasteiger partial charge in [-0.15, -0.1) is 10.2 Å². The van der Waals surface area contributed by atoms with Crippen molar-refractivity contribution in [2.75, 3.05) is 12.8 Å². The van der Waals surface area contributed by atoms with Crippen molar-refractivity contribution < 1.29 is 0 Å². The van der Waals surface area contributed by atoms with Gasteiger partial charge in [0.05, 0.1) is 0 Å². The molecule has 21 heavy (non-hydrogen) atoms. The molecule has 3 aromatic rings. The van der Waals surface area contributed by atoms with Gasteiger partial charge in [0, 0.05) is 18.0 Å². The van der Waals surface area contributed by atoms with Gasteiger partial charge in [-0.05, 0) is 37.2 Å². The summed E-state index contributed by atoms with van der Waals surface area (Å²) >= 11 is 1.72. The molecule has 2 heterocycles. The van der Waals surface area contributed by atoms with E-state index in [1.165, 1.54) is 11.1 Å². The minimum Gasteiger partial charge on any atom is -0.312 e. The van der Waals surface area contributed by atoms with Gasteiger partial charge in [0.25, 0.3) is 0 Å². The second-order valence-electron chi connectivity index (χ2n) is 4.92. The van der Waals surface area contributed by atoms with Crippen LogP contribution < -0.4 is 5.32 Å². The SMILES string of the molecule is CNC(CSc1nnc2ccccn12)c1ccccc1C. The summed E-state index contributed by atoms with van der Waals surface area (Å²) in [5.74, 6) is 0.914. The molecule has 1 N–H and O–H groups in total. The predicted molar refractivity (Wildman–Crippen MR) is 86.7 cm³/mol. The molecule has 0 saturated carbocycles. The van der Waals surface area contributed by atoms with E-state index in [-0.39, 0.29) is 0 Å². The van der Waals surface area contributed by atoms with Crippen LogP contribution in [0.4, 0.5) is 0 Å². The van der Waals surface area contributed by atoms with Crippen molar-refractivity contribution in [1.82, 2.24) is 19.9 Å². The molecule has 1 atom stereocenters. The summed E-state index contributed by atoms with van der Waals surface area (Å²) in [4.78, 5) is 0. The van der Waals surface area contributed by atoms with Crippen LogP contribution in [0.25, 0.3) is 5.65 Å². The molecule has 0 aliphatic carbocycles. The molecule has 0 amide bonds. The summed E-state index contributed by atoms with van der Waals surface area (Å²) in [5.41, 5.74) is 3.53. The molecule has 0 aliphatic rings.